The SMILES string of the molecule is CN(CC(C)(C)C)C(=O)C1=CN2c3ccccc3N(CO)C2S1. The summed E-state index contributed by atoms with van der Waals surface area (Å²) in [5.74, 6) is 0.0368. The topological polar surface area (TPSA) is 47.0 Å². The van der Waals surface area contributed by atoms with Crippen LogP contribution in [0.25, 0.3) is 0 Å². The molecule has 1 amide bonds. The molecule has 2 aliphatic heterocycles. The molecule has 1 unspecified atom stereocenters. The lowest BCUT2D eigenvalue weighted by Gasteiger charge is -2.27. The van der Waals surface area contributed by atoms with Gasteiger partial charge in [-0.25, -0.2) is 0 Å². The van der Waals surface area contributed by atoms with Crippen molar-refractivity contribution < 1.29 is 9.90 Å². The Bertz CT molecular complexity index is 653. The van der Waals surface area contributed by atoms with Crippen LogP contribution in [0.15, 0.2) is 35.4 Å². The molecule has 0 spiro atoms. The molecule has 0 aliphatic carbocycles. The Kier molecular flexibility index (Phi) is 4.06. The molecule has 1 atom stereocenters. The zero-order valence-corrected chi connectivity index (χ0v) is 14.8. The number of hydrogen-bond acceptors (Lipinski definition) is 5. The van der Waals surface area contributed by atoms with Gasteiger partial charge in [-0.1, -0.05) is 44.7 Å². The molecule has 5 nitrogen and oxygen atoms in total. The first-order chi connectivity index (χ1) is 10.8. The Morgan fingerprint density at radius 1 is 1.30 bits per heavy atom. The lowest BCUT2D eigenvalue weighted by atomic mass is 9.96. The maximum atomic E-state index is 12.7. The molecular weight excluding hydrogens is 310 g/mol. The standard InChI is InChI=1S/C17H23N3O2S/c1-17(2,3)10-18(4)15(22)14-9-19-12-7-5-6-8-13(12)20(11-21)16(19)23-14/h5-9,16,21H,10-11H2,1-4H3. The molecule has 0 aromatic heterocycles. The fourth-order valence-corrected chi connectivity index (χ4v) is 4.31. The van der Waals surface area contributed by atoms with E-state index in [0.717, 1.165) is 16.3 Å². The number of rotatable bonds is 3. The number of likely N-dealkylation sites (N-methyl/N-ethyl adjacent to an activating group) is 1. The van der Waals surface area contributed by atoms with Crippen molar-refractivity contribution in [2.24, 2.45) is 5.41 Å². The number of aliphatic hydroxyl groups is 1. The van der Waals surface area contributed by atoms with E-state index in [4.69, 9.17) is 0 Å². The Balaban J connectivity index is 1.83. The molecule has 6 heteroatoms. The molecule has 1 aromatic carbocycles. The van der Waals surface area contributed by atoms with Gasteiger partial charge in [0.15, 0.2) is 5.50 Å². The molecule has 124 valence electrons. The van der Waals surface area contributed by atoms with Crippen LogP contribution in [0, 0.1) is 5.41 Å². The third-order valence-corrected chi connectivity index (χ3v) is 5.11. The number of amides is 1. The van der Waals surface area contributed by atoms with Crippen LogP contribution in [0.4, 0.5) is 11.4 Å². The van der Waals surface area contributed by atoms with Gasteiger partial charge in [-0.05, 0) is 17.5 Å². The van der Waals surface area contributed by atoms with Crippen molar-refractivity contribution in [2.45, 2.75) is 26.3 Å². The third-order valence-electron chi connectivity index (χ3n) is 3.88. The van der Waals surface area contributed by atoms with Gasteiger partial charge in [0.25, 0.3) is 5.91 Å². The predicted octanol–water partition coefficient (Wildman–Crippen LogP) is 2.64. The van der Waals surface area contributed by atoms with Gasteiger partial charge in [-0.2, -0.15) is 0 Å². The van der Waals surface area contributed by atoms with Gasteiger partial charge in [-0.3, -0.25) is 4.79 Å². The third kappa shape index (κ3) is 2.93. The number of aliphatic hydroxyl groups excluding tert-OH is 1. The van der Waals surface area contributed by atoms with Crippen LogP contribution in [0.1, 0.15) is 20.8 Å². The van der Waals surface area contributed by atoms with E-state index in [9.17, 15) is 9.90 Å². The van der Waals surface area contributed by atoms with Crippen LogP contribution in [0.2, 0.25) is 0 Å². The van der Waals surface area contributed by atoms with E-state index in [2.05, 4.69) is 25.7 Å². The number of hydrogen-bond donors (Lipinski definition) is 1. The van der Waals surface area contributed by atoms with Crippen molar-refractivity contribution in [1.29, 1.82) is 0 Å². The van der Waals surface area contributed by atoms with Gasteiger partial charge < -0.3 is 19.8 Å². The van der Waals surface area contributed by atoms with Crippen LogP contribution in [-0.4, -0.2) is 41.7 Å². The summed E-state index contributed by atoms with van der Waals surface area (Å²) in [6.07, 6.45) is 1.91. The van der Waals surface area contributed by atoms with Crippen LogP contribution >= 0.6 is 11.8 Å². The molecule has 0 bridgehead atoms. The average molecular weight is 333 g/mol. The van der Waals surface area contributed by atoms with Crippen LogP contribution < -0.4 is 9.80 Å². The van der Waals surface area contributed by atoms with Crippen molar-refractivity contribution in [3.63, 3.8) is 0 Å². The minimum absolute atomic E-state index is 0.0368. The molecule has 0 saturated heterocycles. The lowest BCUT2D eigenvalue weighted by Crippen LogP contribution is -2.36. The highest BCUT2D eigenvalue weighted by Gasteiger charge is 2.41. The largest absolute Gasteiger partial charge is 0.376 e. The summed E-state index contributed by atoms with van der Waals surface area (Å²) in [4.78, 5) is 19.1. The van der Waals surface area contributed by atoms with E-state index < -0.39 is 0 Å². The van der Waals surface area contributed by atoms with Gasteiger partial charge in [-0.15, -0.1) is 0 Å². The quantitative estimate of drug-likeness (QED) is 0.921. The minimum atomic E-state index is -0.0839. The maximum absolute atomic E-state index is 12.7. The molecule has 23 heavy (non-hydrogen) atoms. The molecular formula is C17H23N3O2S. The number of carbonyl (C=O) groups is 1. The Hall–Kier alpha value is -1.66. The number of benzene rings is 1. The van der Waals surface area contributed by atoms with E-state index in [-0.39, 0.29) is 23.6 Å². The summed E-state index contributed by atoms with van der Waals surface area (Å²) in [6.45, 7) is 6.99. The average Bonchev–Trinajstić information content (AvgIpc) is 3.01. The van der Waals surface area contributed by atoms with Gasteiger partial charge in [0.2, 0.25) is 0 Å². The minimum Gasteiger partial charge on any atom is -0.376 e. The van der Waals surface area contributed by atoms with Crippen LogP contribution in [-0.2, 0) is 4.79 Å². The Labute approximate surface area is 141 Å². The summed E-state index contributed by atoms with van der Waals surface area (Å²) in [6, 6.07) is 7.94. The molecule has 2 aliphatic rings. The lowest BCUT2D eigenvalue weighted by molar-refractivity contribution is -0.126. The molecule has 0 fully saturated rings. The highest BCUT2D eigenvalue weighted by Crippen LogP contribution is 2.49. The van der Waals surface area contributed by atoms with E-state index in [1.54, 1.807) is 4.90 Å². The predicted molar refractivity (Wildman–Crippen MR) is 95.0 cm³/mol. The van der Waals surface area contributed by atoms with E-state index in [1.807, 2.05) is 42.4 Å². The zero-order chi connectivity index (χ0) is 16.8. The normalized spacial score (nSPS) is 19.5. The van der Waals surface area contributed by atoms with Crippen molar-refractivity contribution in [1.82, 2.24) is 4.90 Å². The summed E-state index contributed by atoms with van der Waals surface area (Å²) >= 11 is 1.49. The smallest absolute Gasteiger partial charge is 0.261 e. The molecule has 1 N–H and O–H groups in total. The molecule has 0 saturated carbocycles. The number of thioether (sulfide) groups is 1. The van der Waals surface area contributed by atoms with Crippen LogP contribution in [0.5, 0.6) is 0 Å². The van der Waals surface area contributed by atoms with Crippen molar-refractivity contribution in [2.75, 3.05) is 30.1 Å². The number of nitrogens with zero attached hydrogens (tertiary/aromatic N) is 3. The number of carbonyl (C=O) groups excluding carboxylic acids is 1. The van der Waals surface area contributed by atoms with E-state index in [0.29, 0.717) is 6.54 Å². The second-order valence-electron chi connectivity index (χ2n) is 7.17. The second-order valence-corrected chi connectivity index (χ2v) is 8.26. The van der Waals surface area contributed by atoms with Gasteiger partial charge in [0.1, 0.15) is 6.73 Å². The maximum Gasteiger partial charge on any atom is 0.261 e. The number of anilines is 2. The van der Waals surface area contributed by atoms with E-state index >= 15 is 0 Å². The highest BCUT2D eigenvalue weighted by atomic mass is 32.2. The van der Waals surface area contributed by atoms with Crippen molar-refractivity contribution in [3.8, 4) is 0 Å². The highest BCUT2D eigenvalue weighted by molar-refractivity contribution is 8.05. The van der Waals surface area contributed by atoms with Gasteiger partial charge >= 0.3 is 0 Å². The summed E-state index contributed by atoms with van der Waals surface area (Å²) in [5, 5.41) is 9.71. The first-order valence-corrected chi connectivity index (χ1v) is 8.58. The van der Waals surface area contributed by atoms with Crippen molar-refractivity contribution >= 4 is 29.0 Å². The van der Waals surface area contributed by atoms with Gasteiger partial charge in [0.05, 0.1) is 16.3 Å². The molecule has 1 aromatic rings. The van der Waals surface area contributed by atoms with Gasteiger partial charge in [0, 0.05) is 19.8 Å². The monoisotopic (exact) mass is 333 g/mol. The molecule has 3 rings (SSSR count). The first-order valence-electron chi connectivity index (χ1n) is 7.70. The summed E-state index contributed by atoms with van der Waals surface area (Å²) in [7, 11) is 1.84. The summed E-state index contributed by atoms with van der Waals surface area (Å²) in [5.41, 5.74) is 2.01. The van der Waals surface area contributed by atoms with E-state index in [1.165, 1.54) is 11.8 Å². The Morgan fingerprint density at radius 3 is 2.57 bits per heavy atom. The fraction of sp³-hybridized carbons (Fsp3) is 0.471. The summed E-state index contributed by atoms with van der Waals surface area (Å²) < 4.78 is 0. The molecule has 0 radical (unpaired) electrons. The van der Waals surface area contributed by atoms with Crippen molar-refractivity contribution in [3.05, 3.63) is 35.4 Å². The fourth-order valence-electron chi connectivity index (χ4n) is 3.06. The number of fused-ring (bicyclic) bond motifs is 3. The van der Waals surface area contributed by atoms with Crippen LogP contribution in [0.3, 0.4) is 0 Å². The second kappa shape index (κ2) is 5.76. The molecule has 2 heterocycles. The first kappa shape index (κ1) is 16.2. The Morgan fingerprint density at radius 2 is 1.96 bits per heavy atom. The number of para-hydroxylation sites is 2. The zero-order valence-electron chi connectivity index (χ0n) is 14.0.